The molecule has 0 bridgehead atoms. The van der Waals surface area contributed by atoms with Gasteiger partial charge in [-0.05, 0) is 55.7 Å². The highest BCUT2D eigenvalue weighted by Gasteiger charge is 2.23. The zero-order chi connectivity index (χ0) is 33.2. The third-order valence-corrected chi connectivity index (χ3v) is 6.83. The number of rotatable bonds is 10. The van der Waals surface area contributed by atoms with Gasteiger partial charge in [-0.1, -0.05) is 97.1 Å². The number of hydrogen-bond donors (Lipinski definition) is 1. The predicted octanol–water partition coefficient (Wildman–Crippen LogP) is 8.01. The third kappa shape index (κ3) is 9.11. The lowest BCUT2D eigenvalue weighted by Crippen LogP contribution is -2.34. The Kier molecular flexibility index (Phi) is 10.4. The normalized spacial score (nSPS) is 11.5. The fourth-order valence-electron chi connectivity index (χ4n) is 4.70. The molecule has 0 saturated carbocycles. The lowest BCUT2D eigenvalue weighted by Gasteiger charge is -2.20. The van der Waals surface area contributed by atoms with Gasteiger partial charge in [0, 0.05) is 17.1 Å². The molecule has 4 aromatic carbocycles. The SMILES string of the molecule is CC(C)(C)OC(=O)N/C(=C\c1cn(C(=O)OCc2ccccc2)c2cccc(OCc3ccccc3)c12)C(=O)OCc1ccccc1. The van der Waals surface area contributed by atoms with Gasteiger partial charge in [0.15, 0.2) is 0 Å². The van der Waals surface area contributed by atoms with Crippen molar-refractivity contribution in [2.24, 2.45) is 0 Å². The molecule has 0 unspecified atom stereocenters. The zero-order valence-electron chi connectivity index (χ0n) is 26.5. The lowest BCUT2D eigenvalue weighted by molar-refractivity contribution is -0.140. The molecule has 47 heavy (non-hydrogen) atoms. The summed E-state index contributed by atoms with van der Waals surface area (Å²) in [6.45, 7) is 5.45. The molecule has 0 spiro atoms. The number of nitrogens with zero attached hydrogens (tertiary/aromatic N) is 1. The van der Waals surface area contributed by atoms with Crippen LogP contribution in [0, 0.1) is 0 Å². The predicted molar refractivity (Wildman–Crippen MR) is 178 cm³/mol. The van der Waals surface area contributed by atoms with E-state index in [2.05, 4.69) is 5.32 Å². The van der Waals surface area contributed by atoms with Crippen molar-refractivity contribution in [3.63, 3.8) is 0 Å². The molecular formula is C38H36N2O7. The zero-order valence-corrected chi connectivity index (χ0v) is 26.5. The molecule has 0 aliphatic heterocycles. The number of amides is 1. The van der Waals surface area contributed by atoms with Crippen LogP contribution in [0.5, 0.6) is 5.75 Å². The Morgan fingerprint density at radius 1 is 0.702 bits per heavy atom. The molecule has 1 N–H and O–H groups in total. The molecule has 9 nitrogen and oxygen atoms in total. The second-order valence-corrected chi connectivity index (χ2v) is 11.7. The number of carbonyl (C=O) groups is 3. The molecule has 0 aliphatic rings. The highest BCUT2D eigenvalue weighted by molar-refractivity contribution is 6.03. The van der Waals surface area contributed by atoms with Crippen LogP contribution < -0.4 is 10.1 Å². The van der Waals surface area contributed by atoms with Gasteiger partial charge in [0.05, 0.1) is 5.52 Å². The summed E-state index contributed by atoms with van der Waals surface area (Å²) in [7, 11) is 0. The summed E-state index contributed by atoms with van der Waals surface area (Å²) in [5, 5.41) is 3.07. The number of alkyl carbamates (subject to hydrolysis) is 1. The van der Waals surface area contributed by atoms with Gasteiger partial charge in [-0.3, -0.25) is 9.88 Å². The smallest absolute Gasteiger partial charge is 0.418 e. The van der Waals surface area contributed by atoms with Crippen LogP contribution in [0.1, 0.15) is 43.0 Å². The average molecular weight is 633 g/mol. The van der Waals surface area contributed by atoms with Crippen LogP contribution in [0.25, 0.3) is 17.0 Å². The molecule has 9 heteroatoms. The number of nitrogens with one attached hydrogen (secondary N) is 1. The second-order valence-electron chi connectivity index (χ2n) is 11.7. The highest BCUT2D eigenvalue weighted by atomic mass is 16.6. The Morgan fingerprint density at radius 2 is 1.26 bits per heavy atom. The first-order valence-corrected chi connectivity index (χ1v) is 15.1. The second kappa shape index (κ2) is 15.0. The minimum absolute atomic E-state index is 0.0218. The molecule has 5 aromatic rings. The third-order valence-electron chi connectivity index (χ3n) is 6.83. The van der Waals surface area contributed by atoms with Crippen molar-refractivity contribution in [1.82, 2.24) is 9.88 Å². The Balaban J connectivity index is 1.54. The Bertz CT molecular complexity index is 1860. The molecule has 0 radical (unpaired) electrons. The maximum Gasteiger partial charge on any atom is 0.418 e. The maximum absolute atomic E-state index is 13.5. The number of carbonyl (C=O) groups excluding carboxylic acids is 3. The van der Waals surface area contributed by atoms with Crippen molar-refractivity contribution < 1.29 is 33.3 Å². The van der Waals surface area contributed by atoms with E-state index in [-0.39, 0.29) is 25.5 Å². The van der Waals surface area contributed by atoms with E-state index in [9.17, 15) is 14.4 Å². The molecule has 5 rings (SSSR count). The molecule has 0 atom stereocenters. The summed E-state index contributed by atoms with van der Waals surface area (Å²) in [5.74, 6) is -0.337. The van der Waals surface area contributed by atoms with Gasteiger partial charge in [0.1, 0.15) is 36.9 Å². The van der Waals surface area contributed by atoms with Gasteiger partial charge >= 0.3 is 18.2 Å². The Morgan fingerprint density at radius 3 is 1.83 bits per heavy atom. The van der Waals surface area contributed by atoms with E-state index in [1.807, 2.05) is 91.0 Å². The van der Waals surface area contributed by atoms with Crippen molar-refractivity contribution >= 4 is 35.1 Å². The molecule has 0 aliphatic carbocycles. The van der Waals surface area contributed by atoms with Gasteiger partial charge < -0.3 is 18.9 Å². The van der Waals surface area contributed by atoms with Crippen LogP contribution in [-0.4, -0.2) is 28.3 Å². The number of fused-ring (bicyclic) bond motifs is 1. The highest BCUT2D eigenvalue weighted by Crippen LogP contribution is 2.33. The van der Waals surface area contributed by atoms with Crippen LogP contribution in [0.15, 0.2) is 121 Å². The van der Waals surface area contributed by atoms with E-state index in [4.69, 9.17) is 18.9 Å². The van der Waals surface area contributed by atoms with Gasteiger partial charge in [0.2, 0.25) is 0 Å². The first-order valence-electron chi connectivity index (χ1n) is 15.1. The molecule has 0 fully saturated rings. The van der Waals surface area contributed by atoms with Crippen molar-refractivity contribution in [1.29, 1.82) is 0 Å². The average Bonchev–Trinajstić information content (AvgIpc) is 3.44. The maximum atomic E-state index is 13.5. The van der Waals surface area contributed by atoms with E-state index in [1.54, 1.807) is 39.0 Å². The quantitative estimate of drug-likeness (QED) is 0.0945. The largest absolute Gasteiger partial charge is 0.488 e. The summed E-state index contributed by atoms with van der Waals surface area (Å²) in [4.78, 5) is 39.8. The molecule has 1 aromatic heterocycles. The topological polar surface area (TPSA) is 105 Å². The van der Waals surface area contributed by atoms with E-state index in [1.165, 1.54) is 16.8 Å². The van der Waals surface area contributed by atoms with Crippen molar-refractivity contribution in [3.05, 3.63) is 143 Å². The Hall–Kier alpha value is -5.83. The molecule has 1 amide bonds. The van der Waals surface area contributed by atoms with Gasteiger partial charge in [-0.15, -0.1) is 0 Å². The van der Waals surface area contributed by atoms with Gasteiger partial charge in [-0.25, -0.2) is 14.4 Å². The van der Waals surface area contributed by atoms with Gasteiger partial charge in [-0.2, -0.15) is 0 Å². The van der Waals surface area contributed by atoms with Crippen LogP contribution in [0.3, 0.4) is 0 Å². The Labute approximate surface area is 273 Å². The first kappa shape index (κ1) is 32.6. The summed E-state index contributed by atoms with van der Waals surface area (Å²) in [5.41, 5.74) is 2.42. The lowest BCUT2D eigenvalue weighted by atomic mass is 10.1. The molecular weight excluding hydrogens is 596 g/mol. The summed E-state index contributed by atoms with van der Waals surface area (Å²) in [6.07, 6.45) is 1.50. The van der Waals surface area contributed by atoms with E-state index in [0.29, 0.717) is 22.2 Å². The summed E-state index contributed by atoms with van der Waals surface area (Å²) >= 11 is 0. The van der Waals surface area contributed by atoms with Gasteiger partial charge in [0.25, 0.3) is 0 Å². The van der Waals surface area contributed by atoms with Crippen LogP contribution in [0.4, 0.5) is 9.59 Å². The first-order chi connectivity index (χ1) is 22.7. The summed E-state index contributed by atoms with van der Waals surface area (Å²) in [6, 6.07) is 33.4. The molecule has 240 valence electrons. The molecule has 1 heterocycles. The van der Waals surface area contributed by atoms with Crippen LogP contribution in [-0.2, 0) is 38.8 Å². The van der Waals surface area contributed by atoms with Crippen molar-refractivity contribution in [3.8, 4) is 5.75 Å². The monoisotopic (exact) mass is 632 g/mol. The van der Waals surface area contributed by atoms with E-state index < -0.39 is 23.8 Å². The number of esters is 1. The number of ether oxygens (including phenoxy) is 4. The minimum Gasteiger partial charge on any atom is -0.488 e. The molecule has 0 saturated heterocycles. The van der Waals surface area contributed by atoms with Crippen molar-refractivity contribution in [2.75, 3.05) is 0 Å². The summed E-state index contributed by atoms with van der Waals surface area (Å²) < 4.78 is 24.2. The number of benzene rings is 4. The minimum atomic E-state index is -0.841. The standard InChI is InChI=1S/C38H36N2O7/c1-38(2,3)47-36(42)39-31(35(41)45-25-28-16-9-5-10-17-28)22-30-23-40(37(43)46-26-29-18-11-6-12-19-29)32-20-13-21-33(34(30)32)44-24-27-14-7-4-8-15-27/h4-23H,24-26H2,1-3H3,(H,39,42)/b31-22-. The van der Waals surface area contributed by atoms with E-state index in [0.717, 1.165) is 16.7 Å². The number of hydrogen-bond acceptors (Lipinski definition) is 7. The fraction of sp³-hybridized carbons (Fsp3) is 0.184. The number of aromatic nitrogens is 1. The van der Waals surface area contributed by atoms with Crippen LogP contribution in [0.2, 0.25) is 0 Å². The van der Waals surface area contributed by atoms with Crippen LogP contribution >= 0.6 is 0 Å². The van der Waals surface area contributed by atoms with Crippen molar-refractivity contribution in [2.45, 2.75) is 46.2 Å². The van der Waals surface area contributed by atoms with E-state index >= 15 is 0 Å². The fourth-order valence-corrected chi connectivity index (χ4v) is 4.70.